The quantitative estimate of drug-likeness (QED) is 0.928. The van der Waals surface area contributed by atoms with Crippen LogP contribution in [0.25, 0.3) is 11.1 Å². The molecule has 0 bridgehead atoms. The Labute approximate surface area is 125 Å². The molecule has 110 valence electrons. The van der Waals surface area contributed by atoms with E-state index in [-0.39, 0.29) is 0 Å². The van der Waals surface area contributed by atoms with E-state index in [0.29, 0.717) is 0 Å². The Morgan fingerprint density at radius 2 is 1.62 bits per heavy atom. The normalized spacial score (nSPS) is 11.2. The van der Waals surface area contributed by atoms with Gasteiger partial charge in [-0.25, -0.2) is 0 Å². The number of anilines is 1. The summed E-state index contributed by atoms with van der Waals surface area (Å²) < 4.78 is 0. The van der Waals surface area contributed by atoms with Crippen LogP contribution < -0.4 is 4.90 Å². The summed E-state index contributed by atoms with van der Waals surface area (Å²) in [6, 6.07) is 16.0. The van der Waals surface area contributed by atoms with Gasteiger partial charge in [-0.05, 0) is 42.7 Å². The molecule has 0 fully saturated rings. The first kappa shape index (κ1) is 15.1. The summed E-state index contributed by atoms with van der Waals surface area (Å²) in [6.07, 6.45) is 0. The summed E-state index contributed by atoms with van der Waals surface area (Å²) in [5, 5.41) is 9.27. The van der Waals surface area contributed by atoms with Crippen LogP contribution in [0.4, 0.5) is 5.69 Å². The van der Waals surface area contributed by atoms with Crippen molar-refractivity contribution in [3.8, 4) is 11.1 Å². The Kier molecular flexibility index (Phi) is 4.03. The molecule has 3 nitrogen and oxygen atoms in total. The Morgan fingerprint density at radius 3 is 2.14 bits per heavy atom. The fourth-order valence-electron chi connectivity index (χ4n) is 2.17. The predicted octanol–water partition coefficient (Wildman–Crippen LogP) is 3.78. The molecule has 0 aliphatic rings. The summed E-state index contributed by atoms with van der Waals surface area (Å²) >= 11 is 0. The van der Waals surface area contributed by atoms with Gasteiger partial charge in [0, 0.05) is 19.8 Å². The number of rotatable bonds is 4. The van der Waals surface area contributed by atoms with Crippen LogP contribution in [0.2, 0.25) is 0 Å². The molecule has 0 amide bonds. The van der Waals surface area contributed by atoms with Gasteiger partial charge in [0.25, 0.3) is 0 Å². The number of carboxylic acid groups (broad SMARTS) is 1. The highest BCUT2D eigenvalue weighted by atomic mass is 16.4. The first-order valence-corrected chi connectivity index (χ1v) is 6.94. The van der Waals surface area contributed by atoms with Gasteiger partial charge in [-0.2, -0.15) is 0 Å². The van der Waals surface area contributed by atoms with Gasteiger partial charge in [0.2, 0.25) is 0 Å². The Bertz CT molecular complexity index is 643. The smallest absolute Gasteiger partial charge is 0.313 e. The molecule has 2 rings (SSSR count). The molecular formula is C18H21NO2. The Hall–Kier alpha value is -2.29. The molecule has 0 unspecified atom stereocenters. The van der Waals surface area contributed by atoms with Gasteiger partial charge in [0.1, 0.15) is 0 Å². The van der Waals surface area contributed by atoms with Crippen molar-refractivity contribution in [2.45, 2.75) is 19.3 Å². The third-order valence-electron chi connectivity index (χ3n) is 3.84. The topological polar surface area (TPSA) is 40.5 Å². The van der Waals surface area contributed by atoms with E-state index in [1.165, 1.54) is 0 Å². The van der Waals surface area contributed by atoms with Crippen LogP contribution >= 0.6 is 0 Å². The van der Waals surface area contributed by atoms with Crippen molar-refractivity contribution < 1.29 is 9.90 Å². The highest BCUT2D eigenvalue weighted by molar-refractivity contribution is 5.80. The highest BCUT2D eigenvalue weighted by Crippen LogP contribution is 2.28. The van der Waals surface area contributed by atoms with Crippen molar-refractivity contribution >= 4 is 11.7 Å². The molecule has 0 aromatic heterocycles. The van der Waals surface area contributed by atoms with Gasteiger partial charge in [-0.1, -0.05) is 36.4 Å². The molecule has 0 saturated heterocycles. The largest absolute Gasteiger partial charge is 0.481 e. The van der Waals surface area contributed by atoms with Crippen LogP contribution in [-0.2, 0) is 10.2 Å². The predicted molar refractivity (Wildman–Crippen MR) is 86.9 cm³/mol. The zero-order valence-electron chi connectivity index (χ0n) is 12.9. The van der Waals surface area contributed by atoms with E-state index in [2.05, 4.69) is 23.1 Å². The number of nitrogens with zero attached hydrogens (tertiary/aromatic N) is 1. The molecule has 0 spiro atoms. The van der Waals surface area contributed by atoms with E-state index in [0.717, 1.165) is 22.4 Å². The van der Waals surface area contributed by atoms with Gasteiger partial charge in [0.05, 0.1) is 5.41 Å². The van der Waals surface area contributed by atoms with Crippen LogP contribution in [0.5, 0.6) is 0 Å². The minimum atomic E-state index is -0.871. The Balaban J connectivity index is 2.35. The minimum Gasteiger partial charge on any atom is -0.481 e. The lowest BCUT2D eigenvalue weighted by Crippen LogP contribution is -2.28. The highest BCUT2D eigenvalue weighted by Gasteiger charge is 2.29. The van der Waals surface area contributed by atoms with E-state index in [4.69, 9.17) is 0 Å². The van der Waals surface area contributed by atoms with Gasteiger partial charge < -0.3 is 10.0 Å². The number of carboxylic acids is 1. The van der Waals surface area contributed by atoms with E-state index in [9.17, 15) is 9.90 Å². The molecule has 0 radical (unpaired) electrons. The van der Waals surface area contributed by atoms with Gasteiger partial charge >= 0.3 is 5.97 Å². The zero-order chi connectivity index (χ0) is 15.6. The number of aliphatic carboxylic acids is 1. The fraction of sp³-hybridized carbons (Fsp3) is 0.278. The average Bonchev–Trinajstić information content (AvgIpc) is 2.47. The van der Waals surface area contributed by atoms with Crippen LogP contribution in [0.3, 0.4) is 0 Å². The van der Waals surface area contributed by atoms with Crippen LogP contribution in [0, 0.1) is 0 Å². The van der Waals surface area contributed by atoms with E-state index < -0.39 is 11.4 Å². The third kappa shape index (κ3) is 3.07. The van der Waals surface area contributed by atoms with Crippen LogP contribution in [-0.4, -0.2) is 25.2 Å². The average molecular weight is 283 g/mol. The lowest BCUT2D eigenvalue weighted by molar-refractivity contribution is -0.142. The molecule has 0 aliphatic carbocycles. The Morgan fingerprint density at radius 1 is 1.00 bits per heavy atom. The van der Waals surface area contributed by atoms with Crippen LogP contribution in [0.1, 0.15) is 19.4 Å². The standard InChI is InChI=1S/C18H21NO2/c1-18(2,17(20)21)15-10-8-13(9-11-15)14-6-5-7-16(12-14)19(3)4/h5-12H,1-4H3,(H,20,21). The van der Waals surface area contributed by atoms with E-state index >= 15 is 0 Å². The lowest BCUT2D eigenvalue weighted by Gasteiger charge is -2.20. The van der Waals surface area contributed by atoms with Crippen molar-refractivity contribution in [3.05, 3.63) is 54.1 Å². The van der Waals surface area contributed by atoms with Gasteiger partial charge in [0.15, 0.2) is 0 Å². The molecule has 0 aliphatic heterocycles. The third-order valence-corrected chi connectivity index (χ3v) is 3.84. The number of carbonyl (C=O) groups is 1. The van der Waals surface area contributed by atoms with Crippen molar-refractivity contribution in [3.63, 3.8) is 0 Å². The van der Waals surface area contributed by atoms with Gasteiger partial charge in [-0.15, -0.1) is 0 Å². The first-order valence-electron chi connectivity index (χ1n) is 6.94. The van der Waals surface area contributed by atoms with Crippen molar-refractivity contribution in [1.82, 2.24) is 0 Å². The second-order valence-corrected chi connectivity index (χ2v) is 5.95. The lowest BCUT2D eigenvalue weighted by atomic mass is 9.84. The second-order valence-electron chi connectivity index (χ2n) is 5.95. The molecular weight excluding hydrogens is 262 g/mol. The maximum Gasteiger partial charge on any atom is 0.313 e. The minimum absolute atomic E-state index is 0.808. The monoisotopic (exact) mass is 283 g/mol. The molecule has 0 heterocycles. The SMILES string of the molecule is CN(C)c1cccc(-c2ccc(C(C)(C)C(=O)O)cc2)c1. The maximum atomic E-state index is 11.3. The van der Waals surface area contributed by atoms with Crippen molar-refractivity contribution in [2.24, 2.45) is 0 Å². The van der Waals surface area contributed by atoms with Crippen molar-refractivity contribution in [2.75, 3.05) is 19.0 Å². The summed E-state index contributed by atoms with van der Waals surface area (Å²) in [5.41, 5.74) is 3.29. The molecule has 0 atom stereocenters. The molecule has 1 N–H and O–H groups in total. The van der Waals surface area contributed by atoms with Gasteiger partial charge in [-0.3, -0.25) is 4.79 Å². The number of benzene rings is 2. The second kappa shape index (κ2) is 5.60. The number of hydrogen-bond acceptors (Lipinski definition) is 2. The summed E-state index contributed by atoms with van der Waals surface area (Å²) in [4.78, 5) is 13.4. The molecule has 2 aromatic rings. The first-order chi connectivity index (χ1) is 9.82. The maximum absolute atomic E-state index is 11.3. The fourth-order valence-corrected chi connectivity index (χ4v) is 2.17. The molecule has 21 heavy (non-hydrogen) atoms. The summed E-state index contributed by atoms with van der Waals surface area (Å²) in [7, 11) is 4.02. The van der Waals surface area contributed by atoms with E-state index in [1.807, 2.05) is 44.4 Å². The summed E-state index contributed by atoms with van der Waals surface area (Å²) in [6.45, 7) is 3.44. The zero-order valence-corrected chi connectivity index (χ0v) is 12.9. The molecule has 3 heteroatoms. The van der Waals surface area contributed by atoms with Crippen molar-refractivity contribution in [1.29, 1.82) is 0 Å². The molecule has 2 aromatic carbocycles. The summed E-state index contributed by atoms with van der Waals surface area (Å²) in [5.74, 6) is -0.815. The van der Waals surface area contributed by atoms with Crippen LogP contribution in [0.15, 0.2) is 48.5 Å². The number of hydrogen-bond donors (Lipinski definition) is 1. The molecule has 0 saturated carbocycles. The van der Waals surface area contributed by atoms with E-state index in [1.54, 1.807) is 13.8 Å².